The van der Waals surface area contributed by atoms with E-state index in [4.69, 9.17) is 4.74 Å². The summed E-state index contributed by atoms with van der Waals surface area (Å²) in [5.41, 5.74) is 1.97. The van der Waals surface area contributed by atoms with Crippen LogP contribution in [0.15, 0.2) is 41.4 Å². The second-order valence-electron chi connectivity index (χ2n) is 3.80. The first-order valence-corrected chi connectivity index (χ1v) is 5.03. The van der Waals surface area contributed by atoms with Crippen molar-refractivity contribution in [3.8, 4) is 5.75 Å². The molecular formula is C13H11NO. The van der Waals surface area contributed by atoms with Crippen molar-refractivity contribution in [2.24, 2.45) is 4.99 Å². The van der Waals surface area contributed by atoms with Gasteiger partial charge < -0.3 is 4.74 Å². The number of fused-ring (bicyclic) bond motifs is 2. The number of ether oxygens (including phenoxy) is 1. The first kappa shape index (κ1) is 8.48. The lowest BCUT2D eigenvalue weighted by atomic mass is 10.1. The molecular weight excluding hydrogens is 186 g/mol. The van der Waals surface area contributed by atoms with E-state index in [2.05, 4.69) is 29.3 Å². The molecule has 0 bridgehead atoms. The zero-order valence-electron chi connectivity index (χ0n) is 8.53. The maximum Gasteiger partial charge on any atom is 0.146 e. The van der Waals surface area contributed by atoms with Crippen LogP contribution in [-0.4, -0.2) is 12.3 Å². The van der Waals surface area contributed by atoms with E-state index in [9.17, 15) is 0 Å². The highest BCUT2D eigenvalue weighted by Crippen LogP contribution is 2.34. The summed E-state index contributed by atoms with van der Waals surface area (Å²) < 4.78 is 5.61. The Bertz CT molecular complexity index is 557. The minimum Gasteiger partial charge on any atom is -0.485 e. The Labute approximate surface area is 88.2 Å². The lowest BCUT2D eigenvalue weighted by Crippen LogP contribution is -2.11. The number of benzene rings is 2. The maximum atomic E-state index is 5.61. The lowest BCUT2D eigenvalue weighted by molar-refractivity contribution is 0.372. The summed E-state index contributed by atoms with van der Waals surface area (Å²) >= 11 is 0. The van der Waals surface area contributed by atoms with Gasteiger partial charge in [0.15, 0.2) is 0 Å². The average molecular weight is 197 g/mol. The van der Waals surface area contributed by atoms with Crippen molar-refractivity contribution in [2.45, 2.75) is 6.92 Å². The fourth-order valence-electron chi connectivity index (χ4n) is 1.83. The topological polar surface area (TPSA) is 21.6 Å². The molecule has 0 aliphatic carbocycles. The van der Waals surface area contributed by atoms with Crippen molar-refractivity contribution >= 4 is 22.2 Å². The molecule has 1 aliphatic heterocycles. The highest BCUT2D eigenvalue weighted by Gasteiger charge is 2.10. The molecule has 0 amide bonds. The van der Waals surface area contributed by atoms with E-state index in [0.29, 0.717) is 6.61 Å². The molecule has 0 radical (unpaired) electrons. The molecule has 3 rings (SSSR count). The monoisotopic (exact) mass is 197 g/mol. The first-order valence-electron chi connectivity index (χ1n) is 5.03. The van der Waals surface area contributed by atoms with Gasteiger partial charge in [0, 0.05) is 0 Å². The summed E-state index contributed by atoms with van der Waals surface area (Å²) in [6.07, 6.45) is 0. The average Bonchev–Trinajstić information content (AvgIpc) is 2.26. The maximum absolute atomic E-state index is 5.61. The summed E-state index contributed by atoms with van der Waals surface area (Å²) in [6, 6.07) is 12.4. The van der Waals surface area contributed by atoms with Crippen LogP contribution in [-0.2, 0) is 0 Å². The van der Waals surface area contributed by atoms with Gasteiger partial charge in [-0.15, -0.1) is 0 Å². The lowest BCUT2D eigenvalue weighted by Gasteiger charge is -2.15. The molecule has 0 unspecified atom stereocenters. The molecule has 0 aromatic heterocycles. The summed E-state index contributed by atoms with van der Waals surface area (Å²) in [6.45, 7) is 2.59. The Morgan fingerprint density at radius 3 is 2.67 bits per heavy atom. The third-order valence-corrected chi connectivity index (χ3v) is 2.58. The Morgan fingerprint density at radius 1 is 1.13 bits per heavy atom. The van der Waals surface area contributed by atoms with Crippen molar-refractivity contribution in [1.82, 2.24) is 0 Å². The third-order valence-electron chi connectivity index (χ3n) is 2.58. The summed E-state index contributed by atoms with van der Waals surface area (Å²) in [5.74, 6) is 0.888. The van der Waals surface area contributed by atoms with E-state index < -0.39 is 0 Å². The molecule has 0 spiro atoms. The van der Waals surface area contributed by atoms with E-state index in [1.165, 1.54) is 10.8 Å². The van der Waals surface area contributed by atoms with Gasteiger partial charge in [-0.3, -0.25) is 4.99 Å². The van der Waals surface area contributed by atoms with Gasteiger partial charge in [0.1, 0.15) is 18.0 Å². The second kappa shape index (κ2) is 3.09. The largest absolute Gasteiger partial charge is 0.485 e. The zero-order valence-corrected chi connectivity index (χ0v) is 8.53. The highest BCUT2D eigenvalue weighted by molar-refractivity contribution is 5.93. The smallest absolute Gasteiger partial charge is 0.146 e. The van der Waals surface area contributed by atoms with E-state index in [1.54, 1.807) is 0 Å². The van der Waals surface area contributed by atoms with Crippen LogP contribution in [0.5, 0.6) is 5.75 Å². The van der Waals surface area contributed by atoms with E-state index >= 15 is 0 Å². The quantitative estimate of drug-likeness (QED) is 0.634. The van der Waals surface area contributed by atoms with Crippen LogP contribution in [0, 0.1) is 0 Å². The van der Waals surface area contributed by atoms with Crippen LogP contribution in [0.3, 0.4) is 0 Å². The number of hydrogen-bond donors (Lipinski definition) is 0. The van der Waals surface area contributed by atoms with Crippen molar-refractivity contribution < 1.29 is 4.74 Å². The van der Waals surface area contributed by atoms with Crippen molar-refractivity contribution in [2.75, 3.05) is 6.61 Å². The number of hydrogen-bond acceptors (Lipinski definition) is 2. The predicted octanol–water partition coefficient (Wildman–Crippen LogP) is 3.32. The summed E-state index contributed by atoms with van der Waals surface area (Å²) in [7, 11) is 0. The molecule has 0 fully saturated rings. The van der Waals surface area contributed by atoms with Crippen molar-refractivity contribution in [3.05, 3.63) is 36.4 Å². The third kappa shape index (κ3) is 1.38. The SMILES string of the molecule is CC1=Nc2cc3ccccc3cc2OC1. The van der Waals surface area contributed by atoms with Crippen LogP contribution in [0.4, 0.5) is 5.69 Å². The molecule has 74 valence electrons. The Balaban J connectivity index is 2.30. The molecule has 2 nitrogen and oxygen atoms in total. The summed E-state index contributed by atoms with van der Waals surface area (Å²) in [4.78, 5) is 4.49. The minimum absolute atomic E-state index is 0.603. The van der Waals surface area contributed by atoms with E-state index in [-0.39, 0.29) is 0 Å². The van der Waals surface area contributed by atoms with Gasteiger partial charge >= 0.3 is 0 Å². The number of nitrogens with zero attached hydrogens (tertiary/aromatic N) is 1. The Morgan fingerprint density at radius 2 is 1.87 bits per heavy atom. The first-order chi connectivity index (χ1) is 7.33. The molecule has 1 aliphatic rings. The van der Waals surface area contributed by atoms with Gasteiger partial charge in [-0.1, -0.05) is 24.3 Å². The van der Waals surface area contributed by atoms with Crippen LogP contribution in [0.2, 0.25) is 0 Å². The van der Waals surface area contributed by atoms with Crippen LogP contribution >= 0.6 is 0 Å². The Kier molecular flexibility index (Phi) is 1.75. The highest BCUT2D eigenvalue weighted by atomic mass is 16.5. The molecule has 0 saturated heterocycles. The van der Waals surface area contributed by atoms with Gasteiger partial charge in [0.2, 0.25) is 0 Å². The van der Waals surface area contributed by atoms with Crippen LogP contribution < -0.4 is 4.74 Å². The molecule has 1 heterocycles. The molecule has 15 heavy (non-hydrogen) atoms. The van der Waals surface area contributed by atoms with Crippen LogP contribution in [0.25, 0.3) is 10.8 Å². The van der Waals surface area contributed by atoms with Crippen LogP contribution in [0.1, 0.15) is 6.92 Å². The molecule has 2 aromatic carbocycles. The fourth-order valence-corrected chi connectivity index (χ4v) is 1.83. The molecule has 2 heteroatoms. The zero-order chi connectivity index (χ0) is 10.3. The number of aliphatic imine (C=N–C) groups is 1. The molecule has 0 N–H and O–H groups in total. The number of rotatable bonds is 0. The van der Waals surface area contributed by atoms with Gasteiger partial charge in [-0.25, -0.2) is 0 Å². The standard InChI is InChI=1S/C13H11NO/c1-9-8-15-13-7-11-5-3-2-4-10(11)6-12(13)14-9/h2-7H,8H2,1H3. The van der Waals surface area contributed by atoms with Crippen molar-refractivity contribution in [3.63, 3.8) is 0 Å². The van der Waals surface area contributed by atoms with Gasteiger partial charge in [0.25, 0.3) is 0 Å². The molecule has 0 saturated carbocycles. The second-order valence-corrected chi connectivity index (χ2v) is 3.80. The fraction of sp³-hybridized carbons (Fsp3) is 0.154. The Hall–Kier alpha value is -1.83. The van der Waals surface area contributed by atoms with E-state index in [1.807, 2.05) is 19.1 Å². The minimum atomic E-state index is 0.603. The molecule has 0 atom stereocenters. The van der Waals surface area contributed by atoms with E-state index in [0.717, 1.165) is 17.1 Å². The normalized spacial score (nSPS) is 14.3. The molecule has 2 aromatic rings. The van der Waals surface area contributed by atoms with Gasteiger partial charge in [-0.2, -0.15) is 0 Å². The van der Waals surface area contributed by atoms with Gasteiger partial charge in [0.05, 0.1) is 5.71 Å². The van der Waals surface area contributed by atoms with Gasteiger partial charge in [-0.05, 0) is 29.8 Å². The van der Waals surface area contributed by atoms with Crippen molar-refractivity contribution in [1.29, 1.82) is 0 Å². The predicted molar refractivity (Wildman–Crippen MR) is 62.2 cm³/mol. The summed E-state index contributed by atoms with van der Waals surface area (Å²) in [5, 5.41) is 2.41.